The Labute approximate surface area is 86.2 Å². The second kappa shape index (κ2) is 5.20. The molecule has 1 heterocycles. The monoisotopic (exact) mass is 199 g/mol. The Morgan fingerprint density at radius 3 is 2.93 bits per heavy atom. The molecule has 0 aromatic rings. The lowest BCUT2D eigenvalue weighted by Crippen LogP contribution is -2.44. The third-order valence-corrected chi connectivity index (χ3v) is 2.95. The second-order valence-electron chi connectivity index (χ2n) is 3.86. The summed E-state index contributed by atoms with van der Waals surface area (Å²) in [6.45, 7) is 5.29. The van der Waals surface area contributed by atoms with E-state index >= 15 is 0 Å². The van der Waals surface area contributed by atoms with Gasteiger partial charge in [-0.25, -0.2) is 4.79 Å². The van der Waals surface area contributed by atoms with Crippen LogP contribution in [-0.4, -0.2) is 55.6 Å². The fraction of sp³-hybridized carbons (Fsp3) is 0.900. The van der Waals surface area contributed by atoms with E-state index in [0.29, 0.717) is 6.04 Å². The van der Waals surface area contributed by atoms with Crippen molar-refractivity contribution in [1.29, 1.82) is 0 Å². The average molecular weight is 199 g/mol. The number of amides is 2. The molecule has 1 N–H and O–H groups in total. The molecule has 0 aliphatic carbocycles. The number of nitrogens with one attached hydrogen (secondary N) is 1. The number of carbonyl (C=O) groups excluding carboxylic acids is 1. The van der Waals surface area contributed by atoms with Gasteiger partial charge in [-0.15, -0.1) is 0 Å². The van der Waals surface area contributed by atoms with Crippen LogP contribution in [0.4, 0.5) is 4.79 Å². The van der Waals surface area contributed by atoms with Crippen molar-refractivity contribution in [1.82, 2.24) is 15.1 Å². The van der Waals surface area contributed by atoms with Crippen molar-refractivity contribution < 1.29 is 4.79 Å². The molecule has 4 nitrogen and oxygen atoms in total. The maximum absolute atomic E-state index is 11.3. The van der Waals surface area contributed by atoms with Gasteiger partial charge in [0.25, 0.3) is 0 Å². The molecule has 0 saturated carbocycles. The number of nitrogens with zero attached hydrogens (tertiary/aromatic N) is 2. The Bertz CT molecular complexity index is 196. The van der Waals surface area contributed by atoms with E-state index < -0.39 is 0 Å². The van der Waals surface area contributed by atoms with E-state index in [0.717, 1.165) is 13.1 Å². The van der Waals surface area contributed by atoms with Crippen LogP contribution in [-0.2, 0) is 0 Å². The van der Waals surface area contributed by atoms with Crippen molar-refractivity contribution in [2.75, 3.05) is 33.7 Å². The Balaban J connectivity index is 2.39. The van der Waals surface area contributed by atoms with Gasteiger partial charge in [-0.05, 0) is 25.9 Å². The van der Waals surface area contributed by atoms with Gasteiger partial charge in [0.15, 0.2) is 0 Å². The molecule has 0 aromatic carbocycles. The standard InChI is InChI=1S/C10H21N3O/c1-4-13-7-5-6-9(13)8-12(3)10(14)11-2/h9H,4-8H2,1-3H3,(H,11,14). The number of likely N-dealkylation sites (tertiary alicyclic amines) is 1. The highest BCUT2D eigenvalue weighted by molar-refractivity contribution is 5.73. The number of likely N-dealkylation sites (N-methyl/N-ethyl adjacent to an activating group) is 2. The Morgan fingerprint density at radius 2 is 2.36 bits per heavy atom. The highest BCUT2D eigenvalue weighted by Crippen LogP contribution is 2.17. The molecular weight excluding hydrogens is 178 g/mol. The van der Waals surface area contributed by atoms with Gasteiger partial charge in [-0.2, -0.15) is 0 Å². The van der Waals surface area contributed by atoms with E-state index in [1.165, 1.54) is 19.4 Å². The Kier molecular flexibility index (Phi) is 4.20. The summed E-state index contributed by atoms with van der Waals surface area (Å²) in [5, 5.41) is 2.64. The highest BCUT2D eigenvalue weighted by Gasteiger charge is 2.24. The molecule has 1 rings (SSSR count). The van der Waals surface area contributed by atoms with E-state index in [-0.39, 0.29) is 6.03 Å². The molecule has 0 bridgehead atoms. The molecule has 14 heavy (non-hydrogen) atoms. The molecular formula is C10H21N3O. The summed E-state index contributed by atoms with van der Waals surface area (Å²) in [4.78, 5) is 15.5. The quantitative estimate of drug-likeness (QED) is 0.727. The predicted molar refractivity (Wildman–Crippen MR) is 57.4 cm³/mol. The lowest BCUT2D eigenvalue weighted by molar-refractivity contribution is 0.183. The van der Waals surface area contributed by atoms with Crippen LogP contribution in [0.25, 0.3) is 0 Å². The van der Waals surface area contributed by atoms with Crippen molar-refractivity contribution >= 4 is 6.03 Å². The van der Waals surface area contributed by atoms with Crippen LogP contribution in [0.3, 0.4) is 0 Å². The van der Waals surface area contributed by atoms with Crippen LogP contribution in [0.2, 0.25) is 0 Å². The van der Waals surface area contributed by atoms with E-state index in [9.17, 15) is 4.79 Å². The lowest BCUT2D eigenvalue weighted by Gasteiger charge is -2.27. The third kappa shape index (κ3) is 2.61. The van der Waals surface area contributed by atoms with Gasteiger partial charge in [0.05, 0.1) is 0 Å². The van der Waals surface area contributed by atoms with E-state index in [4.69, 9.17) is 0 Å². The van der Waals surface area contributed by atoms with E-state index in [1.54, 1.807) is 11.9 Å². The zero-order chi connectivity index (χ0) is 10.6. The molecule has 1 aliphatic rings. The van der Waals surface area contributed by atoms with Crippen LogP contribution in [0.15, 0.2) is 0 Å². The van der Waals surface area contributed by atoms with Crippen molar-refractivity contribution in [2.24, 2.45) is 0 Å². The summed E-state index contributed by atoms with van der Waals surface area (Å²) in [6.07, 6.45) is 2.48. The maximum Gasteiger partial charge on any atom is 0.316 e. The van der Waals surface area contributed by atoms with E-state index in [2.05, 4.69) is 17.1 Å². The molecule has 0 aromatic heterocycles. The van der Waals surface area contributed by atoms with E-state index in [1.807, 2.05) is 7.05 Å². The summed E-state index contributed by atoms with van der Waals surface area (Å²) in [6, 6.07) is 0.565. The fourth-order valence-electron chi connectivity index (χ4n) is 2.11. The lowest BCUT2D eigenvalue weighted by atomic mass is 10.2. The van der Waals surface area contributed by atoms with Crippen molar-refractivity contribution in [3.05, 3.63) is 0 Å². The first-order valence-electron chi connectivity index (χ1n) is 5.36. The summed E-state index contributed by atoms with van der Waals surface area (Å²) in [5.41, 5.74) is 0. The zero-order valence-electron chi connectivity index (χ0n) is 9.42. The van der Waals surface area contributed by atoms with Crippen molar-refractivity contribution in [2.45, 2.75) is 25.8 Å². The molecule has 1 saturated heterocycles. The first-order valence-corrected chi connectivity index (χ1v) is 5.36. The minimum atomic E-state index is 0.00736. The van der Waals surface area contributed by atoms with Crippen LogP contribution >= 0.6 is 0 Å². The first-order chi connectivity index (χ1) is 6.69. The molecule has 0 radical (unpaired) electrons. The molecule has 1 fully saturated rings. The molecule has 2 amide bonds. The van der Waals surface area contributed by atoms with Crippen molar-refractivity contribution in [3.63, 3.8) is 0 Å². The topological polar surface area (TPSA) is 35.6 Å². The molecule has 1 aliphatic heterocycles. The van der Waals surface area contributed by atoms with Crippen LogP contribution in [0, 0.1) is 0 Å². The Hall–Kier alpha value is -0.770. The first kappa shape index (κ1) is 11.3. The second-order valence-corrected chi connectivity index (χ2v) is 3.86. The minimum Gasteiger partial charge on any atom is -0.341 e. The highest BCUT2D eigenvalue weighted by atomic mass is 16.2. The summed E-state index contributed by atoms with van der Waals surface area (Å²) in [7, 11) is 3.52. The number of carbonyl (C=O) groups is 1. The number of hydrogen-bond donors (Lipinski definition) is 1. The number of rotatable bonds is 3. The summed E-state index contributed by atoms with van der Waals surface area (Å²) >= 11 is 0. The molecule has 1 unspecified atom stereocenters. The average Bonchev–Trinajstić information content (AvgIpc) is 2.63. The van der Waals surface area contributed by atoms with Gasteiger partial charge in [0, 0.05) is 26.7 Å². The predicted octanol–water partition coefficient (Wildman–Crippen LogP) is 0.742. The van der Waals surface area contributed by atoms with Crippen molar-refractivity contribution in [3.8, 4) is 0 Å². The van der Waals surface area contributed by atoms with Crippen LogP contribution in [0.5, 0.6) is 0 Å². The van der Waals surface area contributed by atoms with Gasteiger partial charge in [-0.3, -0.25) is 4.90 Å². The Morgan fingerprint density at radius 1 is 1.64 bits per heavy atom. The van der Waals surface area contributed by atoms with Gasteiger partial charge in [-0.1, -0.05) is 6.92 Å². The molecule has 0 spiro atoms. The molecule has 4 heteroatoms. The summed E-state index contributed by atoms with van der Waals surface area (Å²) in [5.74, 6) is 0. The van der Waals surface area contributed by atoms with Gasteiger partial charge >= 0.3 is 6.03 Å². The zero-order valence-corrected chi connectivity index (χ0v) is 9.42. The number of hydrogen-bond acceptors (Lipinski definition) is 2. The van der Waals surface area contributed by atoms with Gasteiger partial charge in [0.1, 0.15) is 0 Å². The number of urea groups is 1. The smallest absolute Gasteiger partial charge is 0.316 e. The normalized spacial score (nSPS) is 22.4. The SMILES string of the molecule is CCN1CCCC1CN(C)C(=O)NC. The maximum atomic E-state index is 11.3. The van der Waals surface area contributed by atoms with Crippen LogP contribution in [0.1, 0.15) is 19.8 Å². The third-order valence-electron chi connectivity index (χ3n) is 2.95. The molecule has 1 atom stereocenters. The molecule has 82 valence electrons. The fourth-order valence-corrected chi connectivity index (χ4v) is 2.11. The minimum absolute atomic E-state index is 0.00736. The van der Waals surface area contributed by atoms with Gasteiger partial charge < -0.3 is 10.2 Å². The largest absolute Gasteiger partial charge is 0.341 e. The van der Waals surface area contributed by atoms with Crippen LogP contribution < -0.4 is 5.32 Å². The van der Waals surface area contributed by atoms with Gasteiger partial charge in [0.2, 0.25) is 0 Å². The summed E-state index contributed by atoms with van der Waals surface area (Å²) < 4.78 is 0.